The van der Waals surface area contributed by atoms with Crippen molar-refractivity contribution >= 4 is 12.0 Å². The highest BCUT2D eigenvalue weighted by Gasteiger charge is 2.45. The average Bonchev–Trinajstić information content (AvgIpc) is 2.97. The molecule has 5 nitrogen and oxygen atoms in total. The summed E-state index contributed by atoms with van der Waals surface area (Å²) in [6.45, 7) is 3.88. The second-order valence-electron chi connectivity index (χ2n) is 4.55. The van der Waals surface area contributed by atoms with E-state index in [9.17, 15) is 9.59 Å². The Hall–Kier alpha value is -1.66. The van der Waals surface area contributed by atoms with Gasteiger partial charge in [-0.3, -0.25) is 4.79 Å². The molecule has 0 aromatic heterocycles. The molecule has 0 aliphatic heterocycles. The van der Waals surface area contributed by atoms with E-state index in [2.05, 4.69) is 16.4 Å². The molecule has 0 spiro atoms. The summed E-state index contributed by atoms with van der Waals surface area (Å²) in [5.41, 5.74) is -0.704. The number of hydrogen-bond donors (Lipinski definition) is 1. The van der Waals surface area contributed by atoms with E-state index in [0.717, 1.165) is 0 Å². The maximum absolute atomic E-state index is 11.7. The second-order valence-corrected chi connectivity index (χ2v) is 4.55. The highest BCUT2D eigenvalue weighted by atomic mass is 16.2. The van der Waals surface area contributed by atoms with Gasteiger partial charge in [-0.15, -0.1) is 0 Å². The SMILES string of the molecule is CC(C)CC(N=C=O)C(=O)NC1(C#N)CC1. The van der Waals surface area contributed by atoms with Crippen molar-refractivity contribution in [2.75, 3.05) is 0 Å². The maximum Gasteiger partial charge on any atom is 0.246 e. The highest BCUT2D eigenvalue weighted by molar-refractivity contribution is 5.84. The van der Waals surface area contributed by atoms with Crippen molar-refractivity contribution in [3.05, 3.63) is 0 Å². The van der Waals surface area contributed by atoms with Crippen LogP contribution in [-0.4, -0.2) is 23.6 Å². The van der Waals surface area contributed by atoms with Crippen molar-refractivity contribution in [1.82, 2.24) is 5.32 Å². The van der Waals surface area contributed by atoms with Crippen LogP contribution in [0.4, 0.5) is 0 Å². The molecule has 0 saturated heterocycles. The van der Waals surface area contributed by atoms with Crippen molar-refractivity contribution in [3.8, 4) is 6.07 Å². The van der Waals surface area contributed by atoms with E-state index in [1.807, 2.05) is 13.8 Å². The van der Waals surface area contributed by atoms with Crippen LogP contribution < -0.4 is 5.32 Å². The molecule has 1 N–H and O–H groups in total. The topological polar surface area (TPSA) is 82.3 Å². The molecule has 0 aromatic rings. The number of aliphatic imine (C=N–C) groups is 1. The summed E-state index contributed by atoms with van der Waals surface area (Å²) in [5.74, 6) is -0.0961. The predicted molar refractivity (Wildman–Crippen MR) is 57.1 cm³/mol. The third-order valence-electron chi connectivity index (χ3n) is 2.53. The van der Waals surface area contributed by atoms with Gasteiger partial charge in [0.25, 0.3) is 0 Å². The number of hydrogen-bond acceptors (Lipinski definition) is 4. The Kier molecular flexibility index (Phi) is 3.81. The van der Waals surface area contributed by atoms with Crippen LogP contribution in [0.1, 0.15) is 33.1 Å². The molecule has 1 aliphatic rings. The van der Waals surface area contributed by atoms with Gasteiger partial charge in [0.2, 0.25) is 12.0 Å². The molecule has 1 saturated carbocycles. The van der Waals surface area contributed by atoms with Crippen LogP contribution in [0.5, 0.6) is 0 Å². The minimum atomic E-state index is -0.719. The van der Waals surface area contributed by atoms with Crippen LogP contribution in [0, 0.1) is 17.2 Å². The monoisotopic (exact) mass is 221 g/mol. The molecule has 0 heterocycles. The van der Waals surface area contributed by atoms with Gasteiger partial charge in [-0.05, 0) is 25.2 Å². The van der Waals surface area contributed by atoms with Crippen molar-refractivity contribution in [2.24, 2.45) is 10.9 Å². The van der Waals surface area contributed by atoms with E-state index >= 15 is 0 Å². The van der Waals surface area contributed by atoms with Gasteiger partial charge >= 0.3 is 0 Å². The second kappa shape index (κ2) is 4.91. The summed E-state index contributed by atoms with van der Waals surface area (Å²) >= 11 is 0. The van der Waals surface area contributed by atoms with Gasteiger partial charge in [0, 0.05) is 0 Å². The predicted octanol–water partition coefficient (Wildman–Crippen LogP) is 0.909. The molecule has 16 heavy (non-hydrogen) atoms. The Morgan fingerprint density at radius 2 is 2.19 bits per heavy atom. The van der Waals surface area contributed by atoms with E-state index in [4.69, 9.17) is 5.26 Å². The quantitative estimate of drug-likeness (QED) is 0.553. The average molecular weight is 221 g/mol. The fourth-order valence-electron chi connectivity index (χ4n) is 1.44. The first-order valence-electron chi connectivity index (χ1n) is 5.33. The molecule has 1 amide bonds. The zero-order valence-corrected chi connectivity index (χ0v) is 9.49. The first-order chi connectivity index (χ1) is 7.53. The number of nitrogens with zero attached hydrogens (tertiary/aromatic N) is 2. The lowest BCUT2D eigenvalue weighted by atomic mass is 10.0. The molecule has 0 aromatic carbocycles. The molecule has 5 heteroatoms. The summed E-state index contributed by atoms with van der Waals surface area (Å²) in [7, 11) is 0. The summed E-state index contributed by atoms with van der Waals surface area (Å²) in [6.07, 6.45) is 3.25. The molecular formula is C11H15N3O2. The van der Waals surface area contributed by atoms with E-state index in [-0.39, 0.29) is 11.8 Å². The van der Waals surface area contributed by atoms with Gasteiger partial charge in [-0.2, -0.15) is 10.3 Å². The van der Waals surface area contributed by atoms with Gasteiger partial charge in [-0.25, -0.2) is 4.79 Å². The standard InChI is InChI=1S/C11H15N3O2/c1-8(2)5-9(13-7-15)10(16)14-11(6-12)3-4-11/h8-9H,3-5H2,1-2H3,(H,14,16). The van der Waals surface area contributed by atoms with E-state index < -0.39 is 11.6 Å². The Bertz CT molecular complexity index is 360. The minimum absolute atomic E-state index is 0.255. The number of nitriles is 1. The van der Waals surface area contributed by atoms with Crippen molar-refractivity contribution in [3.63, 3.8) is 0 Å². The normalized spacial score (nSPS) is 18.1. The van der Waals surface area contributed by atoms with E-state index in [0.29, 0.717) is 19.3 Å². The van der Waals surface area contributed by atoms with Gasteiger partial charge in [0.15, 0.2) is 0 Å². The van der Waals surface area contributed by atoms with Crippen LogP contribution in [-0.2, 0) is 9.59 Å². The lowest BCUT2D eigenvalue weighted by molar-refractivity contribution is -0.123. The summed E-state index contributed by atoms with van der Waals surface area (Å²) in [5, 5.41) is 11.5. The molecule has 1 aliphatic carbocycles. The van der Waals surface area contributed by atoms with Crippen LogP contribution in [0.2, 0.25) is 0 Å². The Morgan fingerprint density at radius 3 is 2.56 bits per heavy atom. The Labute approximate surface area is 94.5 Å². The van der Waals surface area contributed by atoms with Gasteiger partial charge in [0.1, 0.15) is 11.6 Å². The summed E-state index contributed by atoms with van der Waals surface area (Å²) < 4.78 is 0. The van der Waals surface area contributed by atoms with Crippen molar-refractivity contribution in [2.45, 2.75) is 44.7 Å². The smallest absolute Gasteiger partial charge is 0.246 e. The first kappa shape index (κ1) is 12.4. The molecule has 1 rings (SSSR count). The minimum Gasteiger partial charge on any atom is -0.336 e. The van der Waals surface area contributed by atoms with E-state index in [1.165, 1.54) is 6.08 Å². The maximum atomic E-state index is 11.7. The van der Waals surface area contributed by atoms with Gasteiger partial charge in [0.05, 0.1) is 6.07 Å². The van der Waals surface area contributed by atoms with Crippen LogP contribution in [0.3, 0.4) is 0 Å². The first-order valence-corrected chi connectivity index (χ1v) is 5.33. The molecule has 0 radical (unpaired) electrons. The van der Waals surface area contributed by atoms with Crippen LogP contribution in [0.15, 0.2) is 4.99 Å². The molecule has 0 bridgehead atoms. The number of rotatable bonds is 5. The van der Waals surface area contributed by atoms with Gasteiger partial charge < -0.3 is 5.32 Å². The highest BCUT2D eigenvalue weighted by Crippen LogP contribution is 2.34. The molecule has 86 valence electrons. The zero-order chi connectivity index (χ0) is 12.2. The third kappa shape index (κ3) is 3.18. The summed E-state index contributed by atoms with van der Waals surface area (Å²) in [4.78, 5) is 25.4. The molecule has 1 atom stereocenters. The van der Waals surface area contributed by atoms with Crippen LogP contribution in [0.25, 0.3) is 0 Å². The van der Waals surface area contributed by atoms with Crippen molar-refractivity contribution < 1.29 is 9.59 Å². The molecule has 1 unspecified atom stereocenters. The van der Waals surface area contributed by atoms with E-state index in [1.54, 1.807) is 0 Å². The zero-order valence-electron chi connectivity index (χ0n) is 9.49. The fraction of sp³-hybridized carbons (Fsp3) is 0.727. The third-order valence-corrected chi connectivity index (χ3v) is 2.53. The molecule has 1 fully saturated rings. The Morgan fingerprint density at radius 1 is 1.56 bits per heavy atom. The number of amides is 1. The van der Waals surface area contributed by atoms with Gasteiger partial charge in [-0.1, -0.05) is 13.8 Å². The van der Waals surface area contributed by atoms with Crippen LogP contribution >= 0.6 is 0 Å². The Balaban J connectivity index is 2.61. The lowest BCUT2D eigenvalue weighted by Crippen LogP contribution is -2.42. The number of nitrogens with one attached hydrogen (secondary N) is 1. The van der Waals surface area contributed by atoms with Crippen molar-refractivity contribution in [1.29, 1.82) is 5.26 Å². The number of isocyanates is 1. The lowest BCUT2D eigenvalue weighted by Gasteiger charge is -2.15. The largest absolute Gasteiger partial charge is 0.336 e. The summed E-state index contributed by atoms with van der Waals surface area (Å²) in [6, 6.07) is 1.34. The fourth-order valence-corrected chi connectivity index (χ4v) is 1.44. The number of carbonyl (C=O) groups is 1. The molecular weight excluding hydrogens is 206 g/mol. The number of carbonyl (C=O) groups excluding carboxylic acids is 2.